The number of methoxy groups -OCH3 is 1. The lowest BCUT2D eigenvalue weighted by molar-refractivity contribution is -0.139. The van der Waals surface area contributed by atoms with Crippen molar-refractivity contribution in [3.8, 4) is 11.8 Å². The molecule has 1 rings (SSSR count). The highest BCUT2D eigenvalue weighted by atomic mass is 35.5. The van der Waals surface area contributed by atoms with Crippen molar-refractivity contribution < 1.29 is 9.53 Å². The van der Waals surface area contributed by atoms with Gasteiger partial charge in [0, 0.05) is 16.3 Å². The van der Waals surface area contributed by atoms with Crippen LogP contribution < -0.4 is 5.73 Å². The lowest BCUT2D eigenvalue weighted by atomic mass is 10.2. The lowest BCUT2D eigenvalue weighted by Gasteiger charge is -1.96. The molecular formula is C11H10ClNO2. The summed E-state index contributed by atoms with van der Waals surface area (Å²) in [6, 6.07) is 5.01. The fraction of sp³-hybridized carbons (Fsp3) is 0.182. The summed E-state index contributed by atoms with van der Waals surface area (Å²) in [6.07, 6.45) is 0.0585. The van der Waals surface area contributed by atoms with Gasteiger partial charge >= 0.3 is 5.97 Å². The number of halogens is 1. The maximum Gasteiger partial charge on any atom is 0.317 e. The predicted molar refractivity (Wildman–Crippen MR) is 59.4 cm³/mol. The van der Waals surface area contributed by atoms with Gasteiger partial charge in [-0.2, -0.15) is 0 Å². The van der Waals surface area contributed by atoms with E-state index in [1.54, 1.807) is 18.2 Å². The molecule has 0 heterocycles. The molecule has 0 fully saturated rings. The fourth-order valence-corrected chi connectivity index (χ4v) is 1.22. The molecule has 3 nitrogen and oxygen atoms in total. The molecule has 15 heavy (non-hydrogen) atoms. The molecule has 78 valence electrons. The third-order valence-electron chi connectivity index (χ3n) is 1.61. The fourth-order valence-electron chi connectivity index (χ4n) is 0.975. The number of rotatable bonds is 1. The Morgan fingerprint density at radius 3 is 2.87 bits per heavy atom. The zero-order chi connectivity index (χ0) is 11.3. The summed E-state index contributed by atoms with van der Waals surface area (Å²) in [5.41, 5.74) is 6.80. The van der Waals surface area contributed by atoms with Gasteiger partial charge < -0.3 is 10.5 Å². The summed E-state index contributed by atoms with van der Waals surface area (Å²) in [7, 11) is 1.32. The van der Waals surface area contributed by atoms with Gasteiger partial charge in [-0.05, 0) is 18.2 Å². The molecule has 0 radical (unpaired) electrons. The minimum Gasteiger partial charge on any atom is -0.468 e. The van der Waals surface area contributed by atoms with Crippen molar-refractivity contribution in [1.82, 2.24) is 0 Å². The van der Waals surface area contributed by atoms with Crippen LogP contribution in [0.5, 0.6) is 0 Å². The zero-order valence-electron chi connectivity index (χ0n) is 8.21. The summed E-state index contributed by atoms with van der Waals surface area (Å²) < 4.78 is 4.44. The van der Waals surface area contributed by atoms with Gasteiger partial charge in [-0.1, -0.05) is 23.4 Å². The van der Waals surface area contributed by atoms with Crippen LogP contribution in [0.1, 0.15) is 12.0 Å². The van der Waals surface area contributed by atoms with E-state index < -0.39 is 0 Å². The van der Waals surface area contributed by atoms with Gasteiger partial charge in [0.2, 0.25) is 0 Å². The summed E-state index contributed by atoms with van der Waals surface area (Å²) in [5.74, 6) is 5.08. The van der Waals surface area contributed by atoms with Gasteiger partial charge in [-0.3, -0.25) is 4.79 Å². The number of anilines is 1. The first-order valence-corrected chi connectivity index (χ1v) is 4.61. The average Bonchev–Trinajstić information content (AvgIpc) is 2.16. The Bertz CT molecular complexity index is 412. The van der Waals surface area contributed by atoms with Crippen LogP contribution in [0.15, 0.2) is 18.2 Å². The summed E-state index contributed by atoms with van der Waals surface area (Å²) in [6.45, 7) is 0. The van der Waals surface area contributed by atoms with E-state index in [1.165, 1.54) is 7.11 Å². The van der Waals surface area contributed by atoms with Crippen LogP contribution in [0, 0.1) is 11.8 Å². The van der Waals surface area contributed by atoms with Crippen LogP contribution >= 0.6 is 11.6 Å². The number of hydrogen-bond acceptors (Lipinski definition) is 3. The molecule has 0 aliphatic heterocycles. The second kappa shape index (κ2) is 5.28. The third kappa shape index (κ3) is 3.92. The van der Waals surface area contributed by atoms with Crippen LogP contribution in [0.4, 0.5) is 5.69 Å². The zero-order valence-corrected chi connectivity index (χ0v) is 8.97. The molecule has 0 saturated heterocycles. The first-order chi connectivity index (χ1) is 7.11. The number of nitrogen functional groups attached to an aromatic ring is 1. The minimum atomic E-state index is -0.363. The normalized spacial score (nSPS) is 8.93. The maximum atomic E-state index is 10.8. The Morgan fingerprint density at radius 1 is 1.53 bits per heavy atom. The van der Waals surface area contributed by atoms with Gasteiger partial charge in [-0.15, -0.1) is 0 Å². The molecule has 0 aliphatic rings. The maximum absolute atomic E-state index is 10.8. The van der Waals surface area contributed by atoms with Crippen molar-refractivity contribution in [2.24, 2.45) is 0 Å². The van der Waals surface area contributed by atoms with Crippen LogP contribution in [0.25, 0.3) is 0 Å². The van der Waals surface area contributed by atoms with E-state index in [9.17, 15) is 4.79 Å². The van der Waals surface area contributed by atoms with Crippen LogP contribution in [0.2, 0.25) is 5.02 Å². The molecule has 1 aromatic carbocycles. The monoisotopic (exact) mass is 223 g/mol. The van der Waals surface area contributed by atoms with E-state index in [0.717, 1.165) is 0 Å². The lowest BCUT2D eigenvalue weighted by Crippen LogP contribution is -1.97. The van der Waals surface area contributed by atoms with E-state index in [1.807, 2.05) is 0 Å². The smallest absolute Gasteiger partial charge is 0.317 e. The Labute approximate surface area is 93.2 Å². The quantitative estimate of drug-likeness (QED) is 0.449. The number of hydrogen-bond donors (Lipinski definition) is 1. The molecule has 0 atom stereocenters. The van der Waals surface area contributed by atoms with Crippen molar-refractivity contribution in [3.05, 3.63) is 28.8 Å². The summed E-state index contributed by atoms with van der Waals surface area (Å²) in [4.78, 5) is 10.8. The molecule has 4 heteroatoms. The van der Waals surface area contributed by atoms with E-state index >= 15 is 0 Å². The van der Waals surface area contributed by atoms with E-state index in [0.29, 0.717) is 16.3 Å². The molecule has 0 aliphatic carbocycles. The second-order valence-corrected chi connectivity index (χ2v) is 3.26. The molecule has 0 unspecified atom stereocenters. The van der Waals surface area contributed by atoms with Gasteiger partial charge in [0.1, 0.15) is 6.42 Å². The van der Waals surface area contributed by atoms with Crippen molar-refractivity contribution in [3.63, 3.8) is 0 Å². The number of ether oxygens (including phenoxy) is 1. The standard InChI is InChI=1S/C11H10ClNO2/c1-15-11(14)4-2-3-8-5-9(12)7-10(13)6-8/h5-7H,4,13H2,1H3. The summed E-state index contributed by atoms with van der Waals surface area (Å²) in [5, 5.41) is 0.525. The molecule has 0 bridgehead atoms. The summed E-state index contributed by atoms with van der Waals surface area (Å²) >= 11 is 5.78. The number of esters is 1. The highest BCUT2D eigenvalue weighted by Gasteiger charge is 1.95. The largest absolute Gasteiger partial charge is 0.468 e. The molecule has 0 amide bonds. The van der Waals surface area contributed by atoms with E-state index in [4.69, 9.17) is 17.3 Å². The van der Waals surface area contributed by atoms with Gasteiger partial charge in [-0.25, -0.2) is 0 Å². The first-order valence-electron chi connectivity index (χ1n) is 4.23. The third-order valence-corrected chi connectivity index (χ3v) is 1.83. The van der Waals surface area contributed by atoms with Crippen molar-refractivity contribution in [2.75, 3.05) is 12.8 Å². The second-order valence-electron chi connectivity index (χ2n) is 2.83. The van der Waals surface area contributed by atoms with Crippen molar-refractivity contribution >= 4 is 23.3 Å². The molecule has 1 aromatic rings. The molecule has 2 N–H and O–H groups in total. The van der Waals surface area contributed by atoms with Crippen molar-refractivity contribution in [2.45, 2.75) is 6.42 Å². The van der Waals surface area contributed by atoms with E-state index in [2.05, 4.69) is 16.6 Å². The topological polar surface area (TPSA) is 52.3 Å². The number of carbonyl (C=O) groups is 1. The number of benzene rings is 1. The molecule has 0 spiro atoms. The minimum absolute atomic E-state index is 0.0585. The number of nitrogens with two attached hydrogens (primary N) is 1. The molecular weight excluding hydrogens is 214 g/mol. The Balaban J connectivity index is 2.75. The van der Waals surface area contributed by atoms with Gasteiger partial charge in [0.15, 0.2) is 0 Å². The average molecular weight is 224 g/mol. The van der Waals surface area contributed by atoms with Gasteiger partial charge in [0.25, 0.3) is 0 Å². The highest BCUT2D eigenvalue weighted by Crippen LogP contribution is 2.15. The van der Waals surface area contributed by atoms with Crippen LogP contribution in [0.3, 0.4) is 0 Å². The van der Waals surface area contributed by atoms with Gasteiger partial charge in [0.05, 0.1) is 7.11 Å². The highest BCUT2D eigenvalue weighted by molar-refractivity contribution is 6.30. The predicted octanol–water partition coefficient (Wildman–Crippen LogP) is 1.84. The number of carbonyl (C=O) groups excluding carboxylic acids is 1. The van der Waals surface area contributed by atoms with E-state index in [-0.39, 0.29) is 12.4 Å². The molecule has 0 aromatic heterocycles. The Hall–Kier alpha value is -1.66. The van der Waals surface area contributed by atoms with Crippen molar-refractivity contribution in [1.29, 1.82) is 0 Å². The van der Waals surface area contributed by atoms with Crippen LogP contribution in [-0.4, -0.2) is 13.1 Å². The SMILES string of the molecule is COC(=O)CC#Cc1cc(N)cc(Cl)c1. The first kappa shape index (κ1) is 11.4. The molecule has 0 saturated carbocycles. The Kier molecular flexibility index (Phi) is 4.02. The Morgan fingerprint density at radius 2 is 2.27 bits per heavy atom. The van der Waals surface area contributed by atoms with Crippen LogP contribution in [-0.2, 0) is 9.53 Å².